The first-order chi connectivity index (χ1) is 12.6. The Labute approximate surface area is 161 Å². The Kier molecular flexibility index (Phi) is 6.75. The molecule has 6 heteroatoms. The lowest BCUT2D eigenvalue weighted by Crippen LogP contribution is -2.35. The third-order valence-electron chi connectivity index (χ3n) is 4.69. The number of hydrogen-bond donors (Lipinski definition) is 1. The van der Waals surface area contributed by atoms with Gasteiger partial charge in [-0.2, -0.15) is 4.31 Å². The van der Waals surface area contributed by atoms with Crippen molar-refractivity contribution in [3.05, 3.63) is 59.7 Å². The third-order valence-corrected chi connectivity index (χ3v) is 7.35. The van der Waals surface area contributed by atoms with Crippen molar-refractivity contribution in [3.63, 3.8) is 0 Å². The number of rotatable bonds is 7. The van der Waals surface area contributed by atoms with Crippen LogP contribution in [-0.2, 0) is 23.1 Å². The average molecular weight is 391 g/mol. The molecule has 0 aliphatic carbocycles. The van der Waals surface area contributed by atoms with Crippen molar-refractivity contribution in [2.45, 2.75) is 42.1 Å². The molecule has 140 valence electrons. The van der Waals surface area contributed by atoms with E-state index in [2.05, 4.69) is 35.8 Å². The van der Waals surface area contributed by atoms with E-state index in [1.807, 2.05) is 12.1 Å². The minimum absolute atomic E-state index is 0.399. The van der Waals surface area contributed by atoms with Crippen LogP contribution in [0.1, 0.15) is 30.4 Å². The summed E-state index contributed by atoms with van der Waals surface area (Å²) in [5.41, 5.74) is 2.33. The van der Waals surface area contributed by atoms with Gasteiger partial charge in [-0.15, -0.1) is 11.8 Å². The normalized spacial score (nSPS) is 15.9. The fourth-order valence-electron chi connectivity index (χ4n) is 3.13. The Morgan fingerprint density at radius 3 is 1.96 bits per heavy atom. The molecule has 3 rings (SSSR count). The molecule has 0 radical (unpaired) electrons. The summed E-state index contributed by atoms with van der Waals surface area (Å²) >= 11 is 1.74. The standard InChI is InChI=1S/C20H26N2O2S2/c1-25-19-9-5-17(6-10-19)15-21-16-18-7-11-20(12-8-18)26(23,24)22-13-3-2-4-14-22/h5-12,21H,2-4,13-16H2,1H3. The smallest absolute Gasteiger partial charge is 0.243 e. The molecule has 0 spiro atoms. The number of hydrogen-bond acceptors (Lipinski definition) is 4. The molecule has 1 N–H and O–H groups in total. The minimum atomic E-state index is -3.34. The molecule has 1 aliphatic heterocycles. The lowest BCUT2D eigenvalue weighted by Gasteiger charge is -2.25. The second-order valence-corrected chi connectivity index (χ2v) is 9.38. The van der Waals surface area contributed by atoms with Gasteiger partial charge < -0.3 is 5.32 Å². The molecule has 1 saturated heterocycles. The molecule has 0 atom stereocenters. The van der Waals surface area contributed by atoms with Crippen LogP contribution in [0.4, 0.5) is 0 Å². The van der Waals surface area contributed by atoms with E-state index in [9.17, 15) is 8.42 Å². The second kappa shape index (κ2) is 9.04. The number of nitrogens with zero attached hydrogens (tertiary/aromatic N) is 1. The molecule has 0 amide bonds. The van der Waals surface area contributed by atoms with Gasteiger partial charge in [-0.1, -0.05) is 30.7 Å². The number of benzene rings is 2. The summed E-state index contributed by atoms with van der Waals surface area (Å²) in [4.78, 5) is 1.66. The van der Waals surface area contributed by atoms with Crippen LogP contribution < -0.4 is 5.32 Å². The maximum absolute atomic E-state index is 12.7. The van der Waals surface area contributed by atoms with Crippen molar-refractivity contribution in [2.75, 3.05) is 19.3 Å². The first kappa shape index (κ1) is 19.4. The Morgan fingerprint density at radius 1 is 0.885 bits per heavy atom. The average Bonchev–Trinajstić information content (AvgIpc) is 2.69. The number of sulfonamides is 1. The van der Waals surface area contributed by atoms with Crippen molar-refractivity contribution in [1.29, 1.82) is 0 Å². The van der Waals surface area contributed by atoms with Gasteiger partial charge in [0.1, 0.15) is 0 Å². The van der Waals surface area contributed by atoms with Crippen LogP contribution in [-0.4, -0.2) is 32.1 Å². The summed E-state index contributed by atoms with van der Waals surface area (Å²) in [7, 11) is -3.34. The quantitative estimate of drug-likeness (QED) is 0.729. The van der Waals surface area contributed by atoms with Gasteiger partial charge in [0, 0.05) is 31.1 Å². The van der Waals surface area contributed by atoms with Gasteiger partial charge in [0.05, 0.1) is 4.90 Å². The Balaban J connectivity index is 1.55. The van der Waals surface area contributed by atoms with Crippen LogP contribution in [0.5, 0.6) is 0 Å². The summed E-state index contributed by atoms with van der Waals surface area (Å²) in [6.07, 6.45) is 5.11. The summed E-state index contributed by atoms with van der Waals surface area (Å²) in [5.74, 6) is 0. The van der Waals surface area contributed by atoms with E-state index in [0.717, 1.165) is 31.4 Å². The number of nitrogens with one attached hydrogen (secondary N) is 1. The van der Waals surface area contributed by atoms with E-state index in [4.69, 9.17) is 0 Å². The predicted molar refractivity (Wildman–Crippen MR) is 108 cm³/mol. The van der Waals surface area contributed by atoms with E-state index >= 15 is 0 Å². The van der Waals surface area contributed by atoms with E-state index in [0.29, 0.717) is 24.5 Å². The monoisotopic (exact) mass is 390 g/mol. The maximum Gasteiger partial charge on any atom is 0.243 e. The molecular formula is C20H26N2O2S2. The Bertz CT molecular complexity index is 797. The minimum Gasteiger partial charge on any atom is -0.309 e. The highest BCUT2D eigenvalue weighted by Crippen LogP contribution is 2.21. The van der Waals surface area contributed by atoms with Gasteiger partial charge in [-0.3, -0.25) is 0 Å². The molecule has 0 bridgehead atoms. The highest BCUT2D eigenvalue weighted by atomic mass is 32.2. The van der Waals surface area contributed by atoms with Crippen LogP contribution in [0, 0.1) is 0 Å². The molecule has 4 nitrogen and oxygen atoms in total. The zero-order valence-corrected chi connectivity index (χ0v) is 16.8. The fourth-order valence-corrected chi connectivity index (χ4v) is 5.05. The first-order valence-electron chi connectivity index (χ1n) is 9.02. The number of thioether (sulfide) groups is 1. The van der Waals surface area contributed by atoms with Gasteiger partial charge >= 0.3 is 0 Å². The largest absolute Gasteiger partial charge is 0.309 e. The molecule has 2 aromatic carbocycles. The summed E-state index contributed by atoms with van der Waals surface area (Å²) in [6.45, 7) is 2.79. The van der Waals surface area contributed by atoms with Crippen LogP contribution in [0.3, 0.4) is 0 Å². The summed E-state index contributed by atoms with van der Waals surface area (Å²) < 4.78 is 26.9. The van der Waals surface area contributed by atoms with Crippen LogP contribution >= 0.6 is 11.8 Å². The Morgan fingerprint density at radius 2 is 1.42 bits per heavy atom. The second-order valence-electron chi connectivity index (χ2n) is 6.56. The molecule has 1 fully saturated rings. The molecule has 2 aromatic rings. The maximum atomic E-state index is 12.7. The molecule has 0 saturated carbocycles. The summed E-state index contributed by atoms with van der Waals surface area (Å²) in [6, 6.07) is 15.8. The van der Waals surface area contributed by atoms with E-state index in [1.54, 1.807) is 28.2 Å². The van der Waals surface area contributed by atoms with Crippen molar-refractivity contribution in [1.82, 2.24) is 9.62 Å². The lowest BCUT2D eigenvalue weighted by atomic mass is 10.2. The van der Waals surface area contributed by atoms with Crippen LogP contribution in [0.15, 0.2) is 58.3 Å². The summed E-state index contributed by atoms with van der Waals surface area (Å²) in [5, 5.41) is 3.41. The van der Waals surface area contributed by atoms with Crippen molar-refractivity contribution in [2.24, 2.45) is 0 Å². The van der Waals surface area contributed by atoms with E-state index in [-0.39, 0.29) is 0 Å². The molecule has 26 heavy (non-hydrogen) atoms. The zero-order chi connectivity index (χ0) is 18.4. The molecule has 1 aliphatic rings. The zero-order valence-electron chi connectivity index (χ0n) is 15.1. The van der Waals surface area contributed by atoms with Crippen molar-refractivity contribution in [3.8, 4) is 0 Å². The fraction of sp³-hybridized carbons (Fsp3) is 0.400. The number of piperidine rings is 1. The van der Waals surface area contributed by atoms with E-state index < -0.39 is 10.0 Å². The van der Waals surface area contributed by atoms with E-state index in [1.165, 1.54) is 10.5 Å². The topological polar surface area (TPSA) is 49.4 Å². The van der Waals surface area contributed by atoms with Gasteiger partial charge in [-0.05, 0) is 54.5 Å². The lowest BCUT2D eigenvalue weighted by molar-refractivity contribution is 0.346. The predicted octanol–water partition coefficient (Wildman–Crippen LogP) is 3.87. The van der Waals surface area contributed by atoms with Crippen molar-refractivity contribution < 1.29 is 8.42 Å². The van der Waals surface area contributed by atoms with Gasteiger partial charge in [-0.25, -0.2) is 8.42 Å². The molecule has 0 unspecified atom stereocenters. The molecule has 1 heterocycles. The molecule has 0 aromatic heterocycles. The highest BCUT2D eigenvalue weighted by Gasteiger charge is 2.25. The Hall–Kier alpha value is -1.34. The highest BCUT2D eigenvalue weighted by molar-refractivity contribution is 7.98. The van der Waals surface area contributed by atoms with Gasteiger partial charge in [0.2, 0.25) is 10.0 Å². The first-order valence-corrected chi connectivity index (χ1v) is 11.7. The van der Waals surface area contributed by atoms with Gasteiger partial charge in [0.15, 0.2) is 0 Å². The van der Waals surface area contributed by atoms with Crippen molar-refractivity contribution >= 4 is 21.8 Å². The van der Waals surface area contributed by atoms with Crippen LogP contribution in [0.25, 0.3) is 0 Å². The van der Waals surface area contributed by atoms with Gasteiger partial charge in [0.25, 0.3) is 0 Å². The SMILES string of the molecule is CSc1ccc(CNCc2ccc(S(=O)(=O)N3CCCCC3)cc2)cc1. The third kappa shape index (κ3) is 4.88. The molecular weight excluding hydrogens is 364 g/mol. The van der Waals surface area contributed by atoms with Crippen LogP contribution in [0.2, 0.25) is 0 Å².